The van der Waals surface area contributed by atoms with Crippen LogP contribution < -0.4 is 0 Å². The summed E-state index contributed by atoms with van der Waals surface area (Å²) >= 11 is 0. The molecular weight excluding hydrogens is 134 g/mol. The molecule has 0 amide bonds. The Labute approximate surface area is 70.9 Å². The van der Waals surface area contributed by atoms with E-state index in [1.807, 2.05) is 0 Å². The number of hydrogen-bond acceptors (Lipinski definition) is 1. The maximum absolute atomic E-state index is 4.36. The topological polar surface area (TPSA) is 12.4 Å². The van der Waals surface area contributed by atoms with Crippen LogP contribution in [0.3, 0.4) is 0 Å². The Kier molecular flexibility index (Phi) is 6.19. The predicted molar refractivity (Wildman–Crippen MR) is 52.3 cm³/mol. The molecule has 0 aliphatic rings. The number of nitrogens with zero attached hydrogens (tertiary/aromatic N) is 1. The highest BCUT2D eigenvalue weighted by Gasteiger charge is 1.92. The van der Waals surface area contributed by atoms with Gasteiger partial charge in [-0.25, -0.2) is 0 Å². The molecule has 0 spiro atoms. The molecular formula is C10H21N. The molecule has 0 fully saturated rings. The number of aliphatic imine (C=N–C) groups is 1. The summed E-state index contributed by atoms with van der Waals surface area (Å²) in [4.78, 5) is 4.36. The minimum absolute atomic E-state index is 0.655. The normalized spacial score (nSPS) is 14.6. The monoisotopic (exact) mass is 155 g/mol. The van der Waals surface area contributed by atoms with E-state index in [0.29, 0.717) is 5.92 Å². The van der Waals surface area contributed by atoms with Gasteiger partial charge in [0.25, 0.3) is 0 Å². The maximum Gasteiger partial charge on any atom is 0.0387 e. The zero-order valence-electron chi connectivity index (χ0n) is 8.30. The first kappa shape index (κ1) is 10.7. The van der Waals surface area contributed by atoms with Crippen LogP contribution in [0, 0.1) is 11.8 Å². The molecule has 0 radical (unpaired) electrons. The van der Waals surface area contributed by atoms with Gasteiger partial charge in [-0.05, 0) is 24.7 Å². The number of rotatable bonds is 5. The lowest BCUT2D eigenvalue weighted by atomic mass is 10.1. The molecule has 11 heavy (non-hydrogen) atoms. The van der Waals surface area contributed by atoms with E-state index in [1.54, 1.807) is 0 Å². The second-order valence-electron chi connectivity index (χ2n) is 3.62. The molecule has 1 heteroatoms. The lowest BCUT2D eigenvalue weighted by Crippen LogP contribution is -1.96. The van der Waals surface area contributed by atoms with Crippen molar-refractivity contribution in [1.29, 1.82) is 0 Å². The van der Waals surface area contributed by atoms with Crippen molar-refractivity contribution < 1.29 is 0 Å². The van der Waals surface area contributed by atoms with Crippen LogP contribution in [0.5, 0.6) is 0 Å². The van der Waals surface area contributed by atoms with Gasteiger partial charge in [-0.15, -0.1) is 0 Å². The molecule has 1 atom stereocenters. The van der Waals surface area contributed by atoms with Gasteiger partial charge in [-0.2, -0.15) is 0 Å². The van der Waals surface area contributed by atoms with Crippen LogP contribution >= 0.6 is 0 Å². The van der Waals surface area contributed by atoms with Gasteiger partial charge in [0.05, 0.1) is 0 Å². The highest BCUT2D eigenvalue weighted by molar-refractivity contribution is 5.59. The zero-order chi connectivity index (χ0) is 8.69. The lowest BCUT2D eigenvalue weighted by molar-refractivity contribution is 0.595. The van der Waals surface area contributed by atoms with E-state index in [-0.39, 0.29) is 0 Å². The van der Waals surface area contributed by atoms with Crippen LogP contribution in [0.4, 0.5) is 0 Å². The second-order valence-corrected chi connectivity index (χ2v) is 3.62. The minimum Gasteiger partial charge on any atom is -0.297 e. The summed E-state index contributed by atoms with van der Waals surface area (Å²) in [6.07, 6.45) is 4.50. The third kappa shape index (κ3) is 7.57. The molecule has 0 bridgehead atoms. The zero-order valence-corrected chi connectivity index (χ0v) is 8.30. The van der Waals surface area contributed by atoms with Crippen LogP contribution in [-0.2, 0) is 0 Å². The fourth-order valence-electron chi connectivity index (χ4n) is 0.693. The third-order valence-electron chi connectivity index (χ3n) is 1.84. The Bertz CT molecular complexity index is 105. The molecule has 0 N–H and O–H groups in total. The first-order valence-electron chi connectivity index (χ1n) is 4.66. The molecule has 0 aromatic heterocycles. The van der Waals surface area contributed by atoms with Crippen molar-refractivity contribution in [3.8, 4) is 0 Å². The Balaban J connectivity index is 3.29. The Morgan fingerprint density at radius 2 is 1.91 bits per heavy atom. The summed E-state index contributed by atoms with van der Waals surface area (Å²) < 4.78 is 0. The SMILES string of the molecule is CCC(C)/C=N/CCC(C)C. The molecule has 0 heterocycles. The summed E-state index contributed by atoms with van der Waals surface area (Å²) in [5, 5.41) is 0. The van der Waals surface area contributed by atoms with E-state index in [9.17, 15) is 0 Å². The Morgan fingerprint density at radius 3 is 2.36 bits per heavy atom. The largest absolute Gasteiger partial charge is 0.297 e. The van der Waals surface area contributed by atoms with E-state index < -0.39 is 0 Å². The van der Waals surface area contributed by atoms with Crippen molar-refractivity contribution >= 4 is 6.21 Å². The van der Waals surface area contributed by atoms with Gasteiger partial charge in [0, 0.05) is 12.8 Å². The van der Waals surface area contributed by atoms with Gasteiger partial charge < -0.3 is 0 Å². The van der Waals surface area contributed by atoms with Gasteiger partial charge in [0.2, 0.25) is 0 Å². The van der Waals surface area contributed by atoms with E-state index in [1.165, 1.54) is 12.8 Å². The molecule has 0 aromatic rings. The molecule has 66 valence electrons. The fraction of sp³-hybridized carbons (Fsp3) is 0.900. The molecule has 1 nitrogen and oxygen atoms in total. The fourth-order valence-corrected chi connectivity index (χ4v) is 0.693. The van der Waals surface area contributed by atoms with E-state index >= 15 is 0 Å². The Hall–Kier alpha value is -0.330. The highest BCUT2D eigenvalue weighted by atomic mass is 14.7. The van der Waals surface area contributed by atoms with Crippen molar-refractivity contribution in [2.24, 2.45) is 16.8 Å². The van der Waals surface area contributed by atoms with Crippen molar-refractivity contribution in [2.45, 2.75) is 40.5 Å². The van der Waals surface area contributed by atoms with E-state index in [4.69, 9.17) is 0 Å². The molecule has 0 rings (SSSR count). The van der Waals surface area contributed by atoms with Crippen molar-refractivity contribution in [3.05, 3.63) is 0 Å². The molecule has 0 aliphatic heterocycles. The van der Waals surface area contributed by atoms with Gasteiger partial charge in [-0.3, -0.25) is 4.99 Å². The molecule has 0 aliphatic carbocycles. The quantitative estimate of drug-likeness (QED) is 0.541. The van der Waals surface area contributed by atoms with Crippen LogP contribution in [0.1, 0.15) is 40.5 Å². The molecule has 0 aromatic carbocycles. The van der Waals surface area contributed by atoms with Crippen molar-refractivity contribution in [2.75, 3.05) is 6.54 Å². The summed E-state index contributed by atoms with van der Waals surface area (Å²) in [5.74, 6) is 1.44. The first-order chi connectivity index (χ1) is 5.16. The van der Waals surface area contributed by atoms with E-state index in [2.05, 4.69) is 38.9 Å². The smallest absolute Gasteiger partial charge is 0.0387 e. The van der Waals surface area contributed by atoms with Crippen molar-refractivity contribution in [1.82, 2.24) is 0 Å². The summed E-state index contributed by atoms with van der Waals surface area (Å²) in [6.45, 7) is 9.87. The van der Waals surface area contributed by atoms with E-state index in [0.717, 1.165) is 12.5 Å². The first-order valence-corrected chi connectivity index (χ1v) is 4.66. The van der Waals surface area contributed by atoms with Crippen LogP contribution in [-0.4, -0.2) is 12.8 Å². The predicted octanol–water partition coefficient (Wildman–Crippen LogP) is 3.15. The summed E-state index contributed by atoms with van der Waals surface area (Å²) in [7, 11) is 0. The van der Waals surface area contributed by atoms with Crippen molar-refractivity contribution in [3.63, 3.8) is 0 Å². The van der Waals surface area contributed by atoms with Gasteiger partial charge >= 0.3 is 0 Å². The maximum atomic E-state index is 4.36. The van der Waals surface area contributed by atoms with Gasteiger partial charge in [-0.1, -0.05) is 27.7 Å². The summed E-state index contributed by atoms with van der Waals surface area (Å²) in [5.41, 5.74) is 0. The highest BCUT2D eigenvalue weighted by Crippen LogP contribution is 2.00. The average molecular weight is 155 g/mol. The number of hydrogen-bond donors (Lipinski definition) is 0. The molecule has 1 unspecified atom stereocenters. The van der Waals surface area contributed by atoms with Crippen LogP contribution in [0.2, 0.25) is 0 Å². The molecule has 0 saturated heterocycles. The molecule has 0 saturated carbocycles. The average Bonchev–Trinajstić information content (AvgIpc) is 1.97. The lowest BCUT2D eigenvalue weighted by Gasteiger charge is -2.01. The van der Waals surface area contributed by atoms with Crippen LogP contribution in [0.15, 0.2) is 4.99 Å². The van der Waals surface area contributed by atoms with Gasteiger partial charge in [0.15, 0.2) is 0 Å². The van der Waals surface area contributed by atoms with Gasteiger partial charge in [0.1, 0.15) is 0 Å². The second kappa shape index (κ2) is 6.38. The minimum atomic E-state index is 0.655. The third-order valence-corrected chi connectivity index (χ3v) is 1.84. The summed E-state index contributed by atoms with van der Waals surface area (Å²) in [6, 6.07) is 0. The Morgan fingerprint density at radius 1 is 1.27 bits per heavy atom. The van der Waals surface area contributed by atoms with Crippen LogP contribution in [0.25, 0.3) is 0 Å². The standard InChI is InChI=1S/C10H21N/c1-5-10(4)8-11-7-6-9(2)3/h8-10H,5-7H2,1-4H3/b11-8+.